The number of benzene rings is 2. The Hall–Kier alpha value is -3.08. The highest BCUT2D eigenvalue weighted by Crippen LogP contribution is 2.59. The molecule has 6 rings (SSSR count). The number of ether oxygens (including phenoxy) is 1. The number of esters is 1. The average Bonchev–Trinajstić information content (AvgIpc) is 3.17. The first-order valence-electron chi connectivity index (χ1n) is 22.9. The van der Waals surface area contributed by atoms with Crippen LogP contribution >= 0.6 is 0 Å². The molecule has 2 saturated carbocycles. The van der Waals surface area contributed by atoms with Crippen LogP contribution in [-0.4, -0.2) is 30.4 Å². The Morgan fingerprint density at radius 1 is 0.614 bits per heavy atom. The second-order valence-electron chi connectivity index (χ2n) is 20.6. The van der Waals surface area contributed by atoms with Crippen molar-refractivity contribution in [1.29, 1.82) is 0 Å². The molecule has 2 aromatic carbocycles. The van der Waals surface area contributed by atoms with Gasteiger partial charge in [0.25, 0.3) is 0 Å². The van der Waals surface area contributed by atoms with Crippen molar-refractivity contribution in [3.63, 3.8) is 0 Å². The van der Waals surface area contributed by atoms with Gasteiger partial charge < -0.3 is 4.74 Å². The second-order valence-corrected chi connectivity index (χ2v) is 20.6. The molecule has 6 unspecified atom stereocenters. The first-order chi connectivity index (χ1) is 26.9. The fourth-order valence-electron chi connectivity index (χ4n) is 13.0. The van der Waals surface area contributed by atoms with Gasteiger partial charge >= 0.3 is 5.97 Å². The van der Waals surface area contributed by atoms with Crippen molar-refractivity contribution < 1.29 is 23.9 Å². The lowest BCUT2D eigenvalue weighted by molar-refractivity contribution is -0.161. The Morgan fingerprint density at radius 2 is 1.02 bits per heavy atom. The molecular formula is C52H74O5. The Balaban J connectivity index is 1.04. The summed E-state index contributed by atoms with van der Waals surface area (Å²) < 4.78 is 5.34. The van der Waals surface area contributed by atoms with Gasteiger partial charge in [0, 0.05) is 29.4 Å². The summed E-state index contributed by atoms with van der Waals surface area (Å²) in [5.74, 6) is 1.80. The highest BCUT2D eigenvalue weighted by atomic mass is 16.5. The summed E-state index contributed by atoms with van der Waals surface area (Å²) in [5.41, 5.74) is 8.51. The van der Waals surface area contributed by atoms with Crippen LogP contribution in [0.1, 0.15) is 231 Å². The zero-order chi connectivity index (χ0) is 41.5. The molecule has 0 aromatic heterocycles. The molecule has 0 saturated heterocycles. The summed E-state index contributed by atoms with van der Waals surface area (Å²) in [6, 6.07) is 9.18. The van der Waals surface area contributed by atoms with Crippen molar-refractivity contribution in [3.05, 3.63) is 68.8 Å². The summed E-state index contributed by atoms with van der Waals surface area (Å²) in [7, 11) is 1.51. The number of rotatable bonds is 15. The molecule has 0 radical (unpaired) electrons. The molecule has 4 aliphatic rings. The monoisotopic (exact) mass is 779 g/mol. The Morgan fingerprint density at radius 3 is 1.42 bits per heavy atom. The zero-order valence-corrected chi connectivity index (χ0v) is 37.4. The van der Waals surface area contributed by atoms with Gasteiger partial charge in [-0.2, -0.15) is 0 Å². The molecular weight excluding hydrogens is 705 g/mol. The van der Waals surface area contributed by atoms with E-state index in [4.69, 9.17) is 4.74 Å². The van der Waals surface area contributed by atoms with Crippen LogP contribution in [0.4, 0.5) is 0 Å². The molecule has 312 valence electrons. The van der Waals surface area contributed by atoms with Crippen LogP contribution in [0.2, 0.25) is 0 Å². The minimum absolute atomic E-state index is 0.0705. The van der Waals surface area contributed by atoms with Gasteiger partial charge in [-0.25, -0.2) is 0 Å². The molecule has 5 heteroatoms. The number of hydrogen-bond donors (Lipinski definition) is 0. The fraction of sp³-hybridized carbons (Fsp3) is 0.692. The topological polar surface area (TPSA) is 77.5 Å². The molecule has 4 aliphatic carbocycles. The number of methoxy groups -OCH3 is 1. The number of Topliss-reactive ketones (excluding diaryl/α,β-unsaturated/α-hetero) is 3. The van der Waals surface area contributed by atoms with E-state index in [1.165, 1.54) is 40.5 Å². The van der Waals surface area contributed by atoms with Crippen molar-refractivity contribution >= 4 is 23.3 Å². The first kappa shape index (κ1) is 43.5. The van der Waals surface area contributed by atoms with Gasteiger partial charge in [0.2, 0.25) is 0 Å². The summed E-state index contributed by atoms with van der Waals surface area (Å²) in [6.45, 7) is 19.6. The number of unbranched alkanes of at least 4 members (excludes halogenated alkanes) is 5. The Labute approximate surface area is 345 Å². The molecule has 57 heavy (non-hydrogen) atoms. The van der Waals surface area contributed by atoms with Crippen LogP contribution in [0.5, 0.6) is 0 Å². The first-order valence-corrected chi connectivity index (χ1v) is 22.9. The lowest BCUT2D eigenvalue weighted by atomic mass is 9.49. The molecule has 0 heterocycles. The highest BCUT2D eigenvalue weighted by molar-refractivity contribution is 5.99. The highest BCUT2D eigenvalue weighted by Gasteiger charge is 2.56. The van der Waals surface area contributed by atoms with Crippen molar-refractivity contribution in [2.45, 2.75) is 201 Å². The van der Waals surface area contributed by atoms with Gasteiger partial charge in [-0.3, -0.25) is 19.2 Å². The number of ketones is 3. The number of carbonyl (C=O) groups excluding carboxylic acids is 4. The maximum absolute atomic E-state index is 13.9. The van der Waals surface area contributed by atoms with E-state index in [2.05, 4.69) is 79.7 Å². The van der Waals surface area contributed by atoms with Crippen molar-refractivity contribution in [2.75, 3.05) is 7.11 Å². The van der Waals surface area contributed by atoms with Gasteiger partial charge in [-0.1, -0.05) is 99.1 Å². The number of aryl methyl sites for hydroxylation is 2. The summed E-state index contributed by atoms with van der Waals surface area (Å²) in [5, 5.41) is 0. The minimum Gasteiger partial charge on any atom is -0.469 e. The molecule has 0 aliphatic heterocycles. The van der Waals surface area contributed by atoms with Crippen LogP contribution in [0, 0.1) is 22.7 Å². The SMILES string of the molecule is COC(=O)C1(C)CCCC2(C)c3cc(C(=O)CCCCCCCCC(=O)c4cc5c(cc4C(C)C)CCC4C(C)(C(C)=O)CCCC54C)c(C(C)C)cc3CCC12. The minimum atomic E-state index is -0.496. The van der Waals surface area contributed by atoms with E-state index in [-0.39, 0.29) is 51.5 Å². The normalized spacial score (nSPS) is 29.3. The van der Waals surface area contributed by atoms with E-state index in [1.807, 2.05) is 0 Å². The average molecular weight is 779 g/mol. The lowest BCUT2D eigenvalue weighted by Gasteiger charge is -2.54. The summed E-state index contributed by atoms with van der Waals surface area (Å²) in [4.78, 5) is 53.9. The third-order valence-electron chi connectivity index (χ3n) is 16.4. The van der Waals surface area contributed by atoms with Crippen LogP contribution in [0.3, 0.4) is 0 Å². The van der Waals surface area contributed by atoms with E-state index in [0.29, 0.717) is 24.5 Å². The smallest absolute Gasteiger partial charge is 0.311 e. The van der Waals surface area contributed by atoms with Crippen molar-refractivity contribution in [3.8, 4) is 0 Å². The van der Waals surface area contributed by atoms with Gasteiger partial charge in [-0.05, 0) is 158 Å². The van der Waals surface area contributed by atoms with Crippen LogP contribution in [-0.2, 0) is 38.0 Å². The lowest BCUT2D eigenvalue weighted by Crippen LogP contribution is -2.52. The van der Waals surface area contributed by atoms with E-state index >= 15 is 0 Å². The maximum atomic E-state index is 13.9. The Kier molecular flexibility index (Phi) is 12.9. The van der Waals surface area contributed by atoms with Gasteiger partial charge in [-0.15, -0.1) is 0 Å². The van der Waals surface area contributed by atoms with Gasteiger partial charge in [0.15, 0.2) is 11.6 Å². The largest absolute Gasteiger partial charge is 0.469 e. The fourth-order valence-corrected chi connectivity index (χ4v) is 13.0. The molecule has 2 aromatic rings. The molecule has 2 fully saturated rings. The molecule has 0 amide bonds. The Bertz CT molecular complexity index is 1870. The molecule has 5 nitrogen and oxygen atoms in total. The number of fused-ring (bicyclic) bond motifs is 6. The molecule has 6 atom stereocenters. The van der Waals surface area contributed by atoms with Crippen molar-refractivity contribution in [2.24, 2.45) is 22.7 Å². The van der Waals surface area contributed by atoms with E-state index < -0.39 is 5.41 Å². The van der Waals surface area contributed by atoms with Gasteiger partial charge in [0.1, 0.15) is 5.78 Å². The van der Waals surface area contributed by atoms with Gasteiger partial charge in [0.05, 0.1) is 12.5 Å². The predicted molar refractivity (Wildman–Crippen MR) is 232 cm³/mol. The van der Waals surface area contributed by atoms with E-state index in [1.54, 1.807) is 6.92 Å². The number of carbonyl (C=O) groups is 4. The quantitative estimate of drug-likeness (QED) is 0.102. The summed E-state index contributed by atoms with van der Waals surface area (Å²) >= 11 is 0. The van der Waals surface area contributed by atoms with Crippen molar-refractivity contribution in [1.82, 2.24) is 0 Å². The number of hydrogen-bond acceptors (Lipinski definition) is 5. The van der Waals surface area contributed by atoms with E-state index in [9.17, 15) is 19.2 Å². The molecule has 0 N–H and O–H groups in total. The maximum Gasteiger partial charge on any atom is 0.311 e. The van der Waals surface area contributed by atoms with E-state index in [0.717, 1.165) is 114 Å². The molecule has 0 spiro atoms. The predicted octanol–water partition coefficient (Wildman–Crippen LogP) is 12.9. The standard InChI is InChI=1S/C52H74O5/c1-33(2)38-29-36-21-23-46-49(6,35(5)53)25-17-26-50(46,7)42(36)31-40(38)44(54)19-15-13-11-12-14-16-20-45(55)41-32-43-37(30-39(41)34(3)4)22-24-47-51(43,8)27-18-28-52(47,9)48(56)57-10/h29-34,46-47H,11-28H2,1-10H3. The van der Waals surface area contributed by atoms with Crippen LogP contribution in [0.25, 0.3) is 0 Å². The zero-order valence-electron chi connectivity index (χ0n) is 37.4. The van der Waals surface area contributed by atoms with Crippen LogP contribution < -0.4 is 0 Å². The summed E-state index contributed by atoms with van der Waals surface area (Å²) in [6.07, 6.45) is 17.0. The van der Waals surface area contributed by atoms with Crippen LogP contribution in [0.15, 0.2) is 24.3 Å². The third-order valence-corrected chi connectivity index (χ3v) is 16.4. The molecule has 0 bridgehead atoms. The third kappa shape index (κ3) is 7.88. The second kappa shape index (κ2) is 16.9.